The number of nitrogens with zero attached hydrogens (tertiary/aromatic N) is 1. The van der Waals surface area contributed by atoms with E-state index in [9.17, 15) is 4.79 Å². The topological polar surface area (TPSA) is 59.4 Å². The lowest BCUT2D eigenvalue weighted by molar-refractivity contribution is -0.136. The monoisotopic (exact) mass is 381 g/mol. The molecule has 0 saturated carbocycles. The van der Waals surface area contributed by atoms with Gasteiger partial charge in [0.05, 0.1) is 5.69 Å². The number of rotatable bonds is 7. The minimum atomic E-state index is -0.777. The number of hydrogen-bond donors (Lipinski definition) is 1. The summed E-state index contributed by atoms with van der Waals surface area (Å²) in [6.45, 7) is 6.56. The molecule has 1 N–H and O–H groups in total. The number of hydrogen-bond acceptors (Lipinski definition) is 4. The summed E-state index contributed by atoms with van der Waals surface area (Å²) in [6, 6.07) is 12.2. The summed E-state index contributed by atoms with van der Waals surface area (Å²) in [5.74, 6) is 0.0496. The molecule has 1 aromatic heterocycles. The minimum absolute atomic E-state index is 0.140. The molecule has 140 valence electrons. The maximum absolute atomic E-state index is 10.8. The van der Waals surface area contributed by atoms with Crippen LogP contribution in [0.25, 0.3) is 11.3 Å². The Morgan fingerprint density at radius 2 is 1.78 bits per heavy atom. The van der Waals surface area contributed by atoms with Gasteiger partial charge in [-0.3, -0.25) is 4.79 Å². The summed E-state index contributed by atoms with van der Waals surface area (Å²) in [7, 11) is 0. The van der Waals surface area contributed by atoms with Crippen molar-refractivity contribution < 1.29 is 14.6 Å². The molecular formula is C22H23NO3S. The van der Waals surface area contributed by atoms with Gasteiger partial charge in [0, 0.05) is 22.9 Å². The molecule has 0 spiro atoms. The second-order valence-corrected chi connectivity index (χ2v) is 7.34. The number of aryl methyl sites for hydroxylation is 2. The highest BCUT2D eigenvalue weighted by Gasteiger charge is 2.12. The Hall–Kier alpha value is -2.66. The van der Waals surface area contributed by atoms with E-state index in [4.69, 9.17) is 9.84 Å². The highest BCUT2D eigenvalue weighted by molar-refractivity contribution is 7.04. The summed E-state index contributed by atoms with van der Waals surface area (Å²) in [6.07, 6.45) is 0.676. The average molecular weight is 381 g/mol. The number of carbonyl (C=O) groups is 1. The van der Waals surface area contributed by atoms with Gasteiger partial charge in [0.1, 0.15) is 12.4 Å². The van der Waals surface area contributed by atoms with Gasteiger partial charge >= 0.3 is 5.97 Å². The highest BCUT2D eigenvalue weighted by atomic mass is 32.1. The number of aromatic nitrogens is 1. The van der Waals surface area contributed by atoms with E-state index < -0.39 is 5.97 Å². The van der Waals surface area contributed by atoms with Crippen molar-refractivity contribution in [1.82, 2.24) is 4.37 Å². The zero-order chi connectivity index (χ0) is 19.4. The lowest BCUT2D eigenvalue weighted by atomic mass is 9.99. The molecule has 5 heteroatoms. The van der Waals surface area contributed by atoms with Gasteiger partial charge in [-0.15, -0.1) is 0 Å². The van der Waals surface area contributed by atoms with Crippen LogP contribution in [0.4, 0.5) is 0 Å². The van der Waals surface area contributed by atoms with Crippen LogP contribution in [0.5, 0.6) is 5.75 Å². The SMILES string of the molecule is Cc1ccc(-c2nscc2COc2ccc(CCC(=O)O)c(C)c2C)cc1. The molecule has 0 aliphatic carbocycles. The molecule has 0 amide bonds. The first-order chi connectivity index (χ1) is 13.0. The average Bonchev–Trinajstić information content (AvgIpc) is 3.11. The molecule has 1 heterocycles. The third-order valence-electron chi connectivity index (χ3n) is 4.81. The summed E-state index contributed by atoms with van der Waals surface area (Å²) in [5, 5.41) is 10.9. The predicted molar refractivity (Wildman–Crippen MR) is 108 cm³/mol. The van der Waals surface area contributed by atoms with E-state index >= 15 is 0 Å². The fourth-order valence-electron chi connectivity index (χ4n) is 2.99. The Kier molecular flexibility index (Phi) is 5.91. The summed E-state index contributed by atoms with van der Waals surface area (Å²) in [4.78, 5) is 10.8. The van der Waals surface area contributed by atoms with Crippen LogP contribution < -0.4 is 4.74 Å². The lowest BCUT2D eigenvalue weighted by Crippen LogP contribution is -2.03. The first kappa shape index (κ1) is 19.1. The number of aliphatic carboxylic acids is 1. The quantitative estimate of drug-likeness (QED) is 0.601. The molecule has 0 bridgehead atoms. The maximum atomic E-state index is 10.8. The smallest absolute Gasteiger partial charge is 0.303 e. The zero-order valence-electron chi connectivity index (χ0n) is 15.8. The van der Waals surface area contributed by atoms with Gasteiger partial charge in [-0.1, -0.05) is 35.9 Å². The number of carboxylic acid groups (broad SMARTS) is 1. The lowest BCUT2D eigenvalue weighted by Gasteiger charge is -2.14. The third-order valence-corrected chi connectivity index (χ3v) is 5.49. The first-order valence-electron chi connectivity index (χ1n) is 8.89. The third kappa shape index (κ3) is 4.55. The summed E-state index contributed by atoms with van der Waals surface area (Å²) < 4.78 is 10.6. The molecule has 2 aromatic carbocycles. The zero-order valence-corrected chi connectivity index (χ0v) is 16.6. The van der Waals surface area contributed by atoms with Crippen molar-refractivity contribution in [1.29, 1.82) is 0 Å². The van der Waals surface area contributed by atoms with Crippen LogP contribution >= 0.6 is 11.5 Å². The van der Waals surface area contributed by atoms with E-state index in [0.29, 0.717) is 13.0 Å². The molecule has 27 heavy (non-hydrogen) atoms. The Bertz CT molecular complexity index is 945. The second-order valence-electron chi connectivity index (χ2n) is 6.71. The van der Waals surface area contributed by atoms with E-state index in [1.165, 1.54) is 17.1 Å². The molecule has 3 aromatic rings. The van der Waals surface area contributed by atoms with Gasteiger partial charge in [0.25, 0.3) is 0 Å². The Balaban J connectivity index is 1.74. The fourth-order valence-corrected chi connectivity index (χ4v) is 3.67. The molecular weight excluding hydrogens is 358 g/mol. The highest BCUT2D eigenvalue weighted by Crippen LogP contribution is 2.29. The largest absolute Gasteiger partial charge is 0.489 e. The van der Waals surface area contributed by atoms with Crippen molar-refractivity contribution in [3.8, 4) is 17.0 Å². The Labute approximate surface area is 163 Å². The van der Waals surface area contributed by atoms with Gasteiger partial charge in [0.2, 0.25) is 0 Å². The Morgan fingerprint density at radius 1 is 1.04 bits per heavy atom. The van der Waals surface area contributed by atoms with Crippen molar-refractivity contribution >= 4 is 17.5 Å². The molecule has 0 fully saturated rings. The molecule has 3 rings (SSSR count). The first-order valence-corrected chi connectivity index (χ1v) is 9.73. The molecule has 0 aliphatic rings. The van der Waals surface area contributed by atoms with Crippen LogP contribution in [0.3, 0.4) is 0 Å². The van der Waals surface area contributed by atoms with Gasteiger partial charge in [-0.2, -0.15) is 4.37 Å². The van der Waals surface area contributed by atoms with Gasteiger partial charge < -0.3 is 9.84 Å². The molecule has 0 radical (unpaired) electrons. The van der Waals surface area contributed by atoms with E-state index in [1.54, 1.807) is 0 Å². The minimum Gasteiger partial charge on any atom is -0.489 e. The van der Waals surface area contributed by atoms with Crippen molar-refractivity contribution in [2.75, 3.05) is 0 Å². The Morgan fingerprint density at radius 3 is 2.48 bits per heavy atom. The molecule has 4 nitrogen and oxygen atoms in total. The van der Waals surface area contributed by atoms with Crippen molar-refractivity contribution in [2.24, 2.45) is 0 Å². The molecule has 0 atom stereocenters. The van der Waals surface area contributed by atoms with Gasteiger partial charge in [0.15, 0.2) is 0 Å². The maximum Gasteiger partial charge on any atom is 0.303 e. The van der Waals surface area contributed by atoms with Crippen LogP contribution in [-0.2, 0) is 17.8 Å². The van der Waals surface area contributed by atoms with Crippen molar-refractivity contribution in [3.63, 3.8) is 0 Å². The standard InChI is InChI=1S/C22H23NO3S/c1-14-4-6-18(7-5-14)22-19(13-27-23-22)12-26-20-10-8-17(9-11-21(24)25)15(2)16(20)3/h4-8,10,13H,9,11-12H2,1-3H3,(H,24,25). The van der Waals surface area contributed by atoms with Crippen molar-refractivity contribution in [3.05, 3.63) is 69.6 Å². The van der Waals surface area contributed by atoms with Crippen LogP contribution in [0.15, 0.2) is 41.8 Å². The van der Waals surface area contributed by atoms with Crippen LogP contribution in [0.1, 0.15) is 34.2 Å². The number of benzene rings is 2. The van der Waals surface area contributed by atoms with Crippen LogP contribution in [-0.4, -0.2) is 15.4 Å². The normalized spacial score (nSPS) is 10.8. The van der Waals surface area contributed by atoms with Crippen LogP contribution in [0.2, 0.25) is 0 Å². The second kappa shape index (κ2) is 8.35. The fraction of sp³-hybridized carbons (Fsp3) is 0.273. The van der Waals surface area contributed by atoms with Gasteiger partial charge in [-0.05, 0) is 61.5 Å². The predicted octanol–water partition coefficient (Wildman–Crippen LogP) is 5.33. The summed E-state index contributed by atoms with van der Waals surface area (Å²) >= 11 is 1.43. The molecule has 0 aliphatic heterocycles. The number of ether oxygens (including phenoxy) is 1. The summed E-state index contributed by atoms with van der Waals surface area (Å²) in [5.41, 5.74) is 7.55. The number of carboxylic acids is 1. The van der Waals surface area contributed by atoms with E-state index in [0.717, 1.165) is 39.3 Å². The molecule has 0 unspecified atom stereocenters. The van der Waals surface area contributed by atoms with Crippen LogP contribution in [0, 0.1) is 20.8 Å². The van der Waals surface area contributed by atoms with E-state index in [-0.39, 0.29) is 6.42 Å². The van der Waals surface area contributed by atoms with E-state index in [2.05, 4.69) is 35.6 Å². The van der Waals surface area contributed by atoms with Gasteiger partial charge in [-0.25, -0.2) is 0 Å². The van der Waals surface area contributed by atoms with Crippen molar-refractivity contribution in [2.45, 2.75) is 40.2 Å². The van der Waals surface area contributed by atoms with E-state index in [1.807, 2.05) is 31.4 Å². The molecule has 0 saturated heterocycles.